The van der Waals surface area contributed by atoms with Crippen LogP contribution in [0, 0.1) is 10.1 Å². The van der Waals surface area contributed by atoms with Crippen molar-refractivity contribution < 1.29 is 9.66 Å². The first-order chi connectivity index (χ1) is 9.08. The number of nitro benzene ring substituents is 1. The molecular formula is C10H8Br2N4O3. The largest absolute Gasteiger partial charge is 0.489 e. The summed E-state index contributed by atoms with van der Waals surface area (Å²) in [6, 6.07) is 2.80. The van der Waals surface area contributed by atoms with E-state index in [0.717, 1.165) is 0 Å². The quantitative estimate of drug-likeness (QED) is 0.578. The van der Waals surface area contributed by atoms with E-state index in [1.54, 1.807) is 11.0 Å². The van der Waals surface area contributed by atoms with Crippen LogP contribution in [0.3, 0.4) is 0 Å². The summed E-state index contributed by atoms with van der Waals surface area (Å²) in [5, 5.41) is 14.6. The molecule has 0 aliphatic rings. The maximum Gasteiger partial charge on any atom is 0.271 e. The summed E-state index contributed by atoms with van der Waals surface area (Å²) in [6.07, 6.45) is 3.03. The fourth-order valence-electron chi connectivity index (χ4n) is 1.38. The highest BCUT2D eigenvalue weighted by atomic mass is 79.9. The lowest BCUT2D eigenvalue weighted by molar-refractivity contribution is -0.385. The van der Waals surface area contributed by atoms with Crippen molar-refractivity contribution in [1.82, 2.24) is 14.8 Å². The summed E-state index contributed by atoms with van der Waals surface area (Å²) >= 11 is 6.50. The van der Waals surface area contributed by atoms with Crippen molar-refractivity contribution >= 4 is 37.5 Å². The molecule has 0 bridgehead atoms. The van der Waals surface area contributed by atoms with Gasteiger partial charge >= 0.3 is 0 Å². The van der Waals surface area contributed by atoms with Gasteiger partial charge in [0.05, 0.1) is 20.4 Å². The summed E-state index contributed by atoms with van der Waals surface area (Å²) in [4.78, 5) is 14.0. The molecular weight excluding hydrogens is 384 g/mol. The van der Waals surface area contributed by atoms with Crippen molar-refractivity contribution in [1.29, 1.82) is 0 Å². The molecule has 0 spiro atoms. The number of nitrogens with zero attached hydrogens (tertiary/aromatic N) is 4. The Balaban J connectivity index is 2.06. The first kappa shape index (κ1) is 13.9. The Bertz CT molecular complexity index is 565. The number of hydrogen-bond acceptors (Lipinski definition) is 5. The summed E-state index contributed by atoms with van der Waals surface area (Å²) in [7, 11) is 0. The van der Waals surface area contributed by atoms with E-state index in [1.165, 1.54) is 18.5 Å². The lowest BCUT2D eigenvalue weighted by Gasteiger charge is -2.10. The molecule has 1 aromatic heterocycles. The van der Waals surface area contributed by atoms with E-state index in [2.05, 4.69) is 41.9 Å². The molecule has 0 unspecified atom stereocenters. The van der Waals surface area contributed by atoms with Gasteiger partial charge in [-0.25, -0.2) is 9.67 Å². The average Bonchev–Trinajstić information content (AvgIpc) is 2.85. The van der Waals surface area contributed by atoms with Crippen molar-refractivity contribution in [2.75, 3.05) is 6.61 Å². The van der Waals surface area contributed by atoms with Crippen LogP contribution >= 0.6 is 31.9 Å². The first-order valence-electron chi connectivity index (χ1n) is 5.16. The third kappa shape index (κ3) is 3.51. The van der Waals surface area contributed by atoms with Gasteiger partial charge in [-0.3, -0.25) is 10.1 Å². The molecule has 0 aliphatic carbocycles. The fourth-order valence-corrected chi connectivity index (χ4v) is 2.77. The van der Waals surface area contributed by atoms with E-state index < -0.39 is 4.92 Å². The van der Waals surface area contributed by atoms with Crippen molar-refractivity contribution in [2.45, 2.75) is 6.54 Å². The summed E-state index contributed by atoms with van der Waals surface area (Å²) in [5.41, 5.74) is -0.0117. The van der Waals surface area contributed by atoms with Crippen LogP contribution < -0.4 is 4.74 Å². The normalized spacial score (nSPS) is 10.4. The monoisotopic (exact) mass is 390 g/mol. The summed E-state index contributed by atoms with van der Waals surface area (Å²) < 4.78 is 8.24. The minimum atomic E-state index is -0.464. The zero-order valence-electron chi connectivity index (χ0n) is 9.49. The number of aromatic nitrogens is 3. The number of hydrogen-bond donors (Lipinski definition) is 0. The van der Waals surface area contributed by atoms with Gasteiger partial charge in [0.15, 0.2) is 0 Å². The van der Waals surface area contributed by atoms with Crippen LogP contribution in [-0.2, 0) is 6.54 Å². The number of nitro groups is 1. The Kier molecular flexibility index (Phi) is 4.48. The van der Waals surface area contributed by atoms with E-state index in [0.29, 0.717) is 27.8 Å². The van der Waals surface area contributed by atoms with Crippen LogP contribution in [-0.4, -0.2) is 26.3 Å². The van der Waals surface area contributed by atoms with Gasteiger partial charge in [0.2, 0.25) is 0 Å². The van der Waals surface area contributed by atoms with Gasteiger partial charge in [-0.05, 0) is 31.9 Å². The van der Waals surface area contributed by atoms with Crippen LogP contribution in [0.5, 0.6) is 5.75 Å². The fraction of sp³-hybridized carbons (Fsp3) is 0.200. The standard InChI is InChI=1S/C10H8Br2N4O3/c11-8-3-7(16(17)18)4-9(12)10(8)19-2-1-15-6-13-5-14-15/h3-6H,1-2H2. The number of benzene rings is 1. The maximum absolute atomic E-state index is 10.7. The predicted molar refractivity (Wildman–Crippen MR) is 74.0 cm³/mol. The minimum Gasteiger partial charge on any atom is -0.489 e. The minimum absolute atomic E-state index is 0.0117. The van der Waals surface area contributed by atoms with Gasteiger partial charge in [-0.1, -0.05) is 0 Å². The molecule has 2 aromatic rings. The van der Waals surface area contributed by atoms with Gasteiger partial charge in [0, 0.05) is 12.1 Å². The Morgan fingerprint density at radius 1 is 1.37 bits per heavy atom. The van der Waals surface area contributed by atoms with Crippen molar-refractivity contribution in [2.24, 2.45) is 0 Å². The summed E-state index contributed by atoms with van der Waals surface area (Å²) in [6.45, 7) is 0.911. The van der Waals surface area contributed by atoms with E-state index >= 15 is 0 Å². The topological polar surface area (TPSA) is 83.1 Å². The number of halogens is 2. The van der Waals surface area contributed by atoms with Crippen LogP contribution in [0.1, 0.15) is 0 Å². The molecule has 19 heavy (non-hydrogen) atoms. The van der Waals surface area contributed by atoms with Gasteiger partial charge < -0.3 is 4.74 Å². The Morgan fingerprint density at radius 2 is 2.05 bits per heavy atom. The van der Waals surface area contributed by atoms with E-state index in [1.807, 2.05) is 0 Å². The van der Waals surface area contributed by atoms with Gasteiger partial charge in [0.25, 0.3) is 5.69 Å². The van der Waals surface area contributed by atoms with Crippen molar-refractivity contribution in [3.63, 3.8) is 0 Å². The molecule has 1 heterocycles. The molecule has 0 radical (unpaired) electrons. The second-order valence-electron chi connectivity index (χ2n) is 3.50. The SMILES string of the molecule is O=[N+]([O-])c1cc(Br)c(OCCn2cncn2)c(Br)c1. The molecule has 0 amide bonds. The lowest BCUT2D eigenvalue weighted by Crippen LogP contribution is -2.09. The van der Waals surface area contributed by atoms with E-state index in [9.17, 15) is 10.1 Å². The third-order valence-corrected chi connectivity index (χ3v) is 3.41. The van der Waals surface area contributed by atoms with Crippen LogP contribution in [0.15, 0.2) is 33.7 Å². The Morgan fingerprint density at radius 3 is 2.58 bits per heavy atom. The van der Waals surface area contributed by atoms with E-state index in [-0.39, 0.29) is 5.69 Å². The zero-order valence-corrected chi connectivity index (χ0v) is 12.7. The van der Waals surface area contributed by atoms with Crippen molar-refractivity contribution in [3.05, 3.63) is 43.8 Å². The Hall–Kier alpha value is -1.48. The summed E-state index contributed by atoms with van der Waals surface area (Å²) in [5.74, 6) is 0.519. The van der Waals surface area contributed by atoms with Gasteiger partial charge in [0.1, 0.15) is 25.0 Å². The molecule has 0 saturated heterocycles. The molecule has 0 N–H and O–H groups in total. The van der Waals surface area contributed by atoms with Crippen LogP contribution in [0.4, 0.5) is 5.69 Å². The molecule has 0 atom stereocenters. The predicted octanol–water partition coefficient (Wildman–Crippen LogP) is 2.79. The molecule has 9 heteroatoms. The zero-order chi connectivity index (χ0) is 13.8. The molecule has 0 fully saturated rings. The van der Waals surface area contributed by atoms with Crippen LogP contribution in [0.2, 0.25) is 0 Å². The molecule has 1 aromatic carbocycles. The number of ether oxygens (including phenoxy) is 1. The maximum atomic E-state index is 10.7. The molecule has 2 rings (SSSR count). The highest BCUT2D eigenvalue weighted by molar-refractivity contribution is 9.11. The lowest BCUT2D eigenvalue weighted by atomic mass is 10.3. The highest BCUT2D eigenvalue weighted by Gasteiger charge is 2.14. The van der Waals surface area contributed by atoms with Gasteiger partial charge in [-0.2, -0.15) is 5.10 Å². The Labute approximate surface area is 125 Å². The van der Waals surface area contributed by atoms with Crippen LogP contribution in [0.25, 0.3) is 0 Å². The first-order valence-corrected chi connectivity index (χ1v) is 6.75. The molecule has 100 valence electrons. The second-order valence-corrected chi connectivity index (χ2v) is 5.21. The van der Waals surface area contributed by atoms with Gasteiger partial charge in [-0.15, -0.1) is 0 Å². The molecule has 7 nitrogen and oxygen atoms in total. The third-order valence-electron chi connectivity index (χ3n) is 2.23. The highest BCUT2D eigenvalue weighted by Crippen LogP contribution is 2.37. The smallest absolute Gasteiger partial charge is 0.271 e. The molecule has 0 aliphatic heterocycles. The molecule has 0 saturated carbocycles. The average molecular weight is 392 g/mol. The van der Waals surface area contributed by atoms with E-state index in [4.69, 9.17) is 4.74 Å². The number of non-ortho nitro benzene ring substituents is 1. The van der Waals surface area contributed by atoms with Crippen molar-refractivity contribution in [3.8, 4) is 5.75 Å². The second kappa shape index (κ2) is 6.11. The number of rotatable bonds is 5.